The quantitative estimate of drug-likeness (QED) is 0.626. The maximum Gasteiger partial charge on any atom is 0.269 e. The number of anilines is 1. The summed E-state index contributed by atoms with van der Waals surface area (Å²) in [4.78, 5) is 20.2. The van der Waals surface area contributed by atoms with E-state index in [-0.39, 0.29) is 17.2 Å². The minimum absolute atomic E-state index is 0.0101. The highest BCUT2D eigenvalue weighted by molar-refractivity contribution is 5.48. The lowest BCUT2D eigenvalue weighted by Gasteiger charge is -2.16. The Morgan fingerprint density at radius 3 is 2.12 bits per heavy atom. The van der Waals surface area contributed by atoms with Crippen molar-refractivity contribution in [3.63, 3.8) is 0 Å². The molecule has 7 nitrogen and oxygen atoms in total. The summed E-state index contributed by atoms with van der Waals surface area (Å²) in [5.41, 5.74) is -0.475. The average molecular weight is 239 g/mol. The van der Waals surface area contributed by atoms with Gasteiger partial charge < -0.3 is 5.32 Å². The van der Waals surface area contributed by atoms with E-state index in [0.717, 1.165) is 0 Å². The number of hydrogen-bond donors (Lipinski definition) is 1. The lowest BCUT2D eigenvalue weighted by molar-refractivity contribution is -0.556. The predicted molar refractivity (Wildman–Crippen MR) is 62.7 cm³/mol. The highest BCUT2D eigenvalue weighted by Gasteiger charge is 2.30. The fraction of sp³-hybridized carbons (Fsp3) is 0.400. The van der Waals surface area contributed by atoms with Crippen molar-refractivity contribution in [2.24, 2.45) is 0 Å². The Bertz CT molecular complexity index is 428. The number of nitro groups is 2. The molecule has 1 rings (SSSR count). The molecule has 0 atom stereocenters. The van der Waals surface area contributed by atoms with E-state index in [4.69, 9.17) is 0 Å². The van der Waals surface area contributed by atoms with Crippen molar-refractivity contribution in [2.75, 3.05) is 11.9 Å². The SMILES string of the molecule is CC(C)(CNc1ccc([N+](=O)[O-])cc1)[N+](=O)[O-]. The second kappa shape index (κ2) is 4.77. The van der Waals surface area contributed by atoms with Crippen LogP contribution in [0.4, 0.5) is 11.4 Å². The Labute approximate surface area is 97.7 Å². The van der Waals surface area contributed by atoms with Crippen LogP contribution in [0.2, 0.25) is 0 Å². The van der Waals surface area contributed by atoms with E-state index in [1.807, 2.05) is 0 Å². The van der Waals surface area contributed by atoms with Gasteiger partial charge in [-0.25, -0.2) is 0 Å². The molecule has 0 aromatic heterocycles. The summed E-state index contributed by atoms with van der Waals surface area (Å²) in [6.45, 7) is 3.16. The van der Waals surface area contributed by atoms with Gasteiger partial charge in [0.15, 0.2) is 0 Å². The molecule has 0 unspecified atom stereocenters. The first-order valence-electron chi connectivity index (χ1n) is 4.96. The fourth-order valence-electron chi connectivity index (χ4n) is 1.08. The molecule has 0 spiro atoms. The van der Waals surface area contributed by atoms with Gasteiger partial charge in [0.05, 0.1) is 11.5 Å². The predicted octanol–water partition coefficient (Wildman–Crippen LogP) is 2.06. The Hall–Kier alpha value is -2.18. The Balaban J connectivity index is 2.65. The van der Waals surface area contributed by atoms with Gasteiger partial charge in [0.25, 0.3) is 5.69 Å². The molecule has 1 aromatic rings. The molecule has 1 aromatic carbocycles. The number of hydrogen-bond acceptors (Lipinski definition) is 5. The summed E-state index contributed by atoms with van der Waals surface area (Å²) in [5.74, 6) is 0. The zero-order valence-corrected chi connectivity index (χ0v) is 9.54. The van der Waals surface area contributed by atoms with Crippen LogP contribution in [0.15, 0.2) is 24.3 Å². The molecular formula is C10H13N3O4. The Morgan fingerprint density at radius 2 is 1.71 bits per heavy atom. The lowest BCUT2D eigenvalue weighted by Crippen LogP contribution is -2.38. The number of nitrogens with zero attached hydrogens (tertiary/aromatic N) is 2. The van der Waals surface area contributed by atoms with Crippen LogP contribution in [0.25, 0.3) is 0 Å². The highest BCUT2D eigenvalue weighted by atomic mass is 16.6. The molecule has 0 saturated heterocycles. The molecule has 92 valence electrons. The molecule has 0 amide bonds. The first kappa shape index (κ1) is 12.9. The topological polar surface area (TPSA) is 98.3 Å². The van der Waals surface area contributed by atoms with E-state index in [1.165, 1.54) is 38.1 Å². The van der Waals surface area contributed by atoms with Crippen LogP contribution < -0.4 is 5.32 Å². The van der Waals surface area contributed by atoms with Crippen LogP contribution in [-0.2, 0) is 0 Å². The fourth-order valence-corrected chi connectivity index (χ4v) is 1.08. The van der Waals surface area contributed by atoms with Gasteiger partial charge in [-0.05, 0) is 12.1 Å². The number of nitrogens with one attached hydrogen (secondary N) is 1. The maximum atomic E-state index is 10.7. The third kappa shape index (κ3) is 3.40. The molecule has 0 fully saturated rings. The molecule has 0 bridgehead atoms. The zero-order valence-electron chi connectivity index (χ0n) is 9.54. The Morgan fingerprint density at radius 1 is 1.18 bits per heavy atom. The minimum Gasteiger partial charge on any atom is -0.378 e. The van der Waals surface area contributed by atoms with Crippen molar-refractivity contribution in [3.05, 3.63) is 44.5 Å². The van der Waals surface area contributed by atoms with E-state index < -0.39 is 10.5 Å². The minimum atomic E-state index is -1.08. The molecule has 0 heterocycles. The van der Waals surface area contributed by atoms with Gasteiger partial charge in [-0.1, -0.05) is 0 Å². The van der Waals surface area contributed by atoms with Crippen LogP contribution in [0.1, 0.15) is 13.8 Å². The summed E-state index contributed by atoms with van der Waals surface area (Å²) >= 11 is 0. The van der Waals surface area contributed by atoms with E-state index in [2.05, 4.69) is 5.32 Å². The van der Waals surface area contributed by atoms with Crippen molar-refractivity contribution < 1.29 is 9.85 Å². The molecule has 7 heteroatoms. The van der Waals surface area contributed by atoms with Gasteiger partial charge in [0.2, 0.25) is 5.54 Å². The van der Waals surface area contributed by atoms with Gasteiger partial charge in [-0.15, -0.1) is 0 Å². The molecule has 0 aliphatic rings. The van der Waals surface area contributed by atoms with E-state index in [9.17, 15) is 20.2 Å². The van der Waals surface area contributed by atoms with Crippen molar-refractivity contribution in [1.29, 1.82) is 0 Å². The molecular weight excluding hydrogens is 226 g/mol. The summed E-state index contributed by atoms with van der Waals surface area (Å²) in [6.07, 6.45) is 0. The third-order valence-corrected chi connectivity index (χ3v) is 2.30. The summed E-state index contributed by atoms with van der Waals surface area (Å²) in [7, 11) is 0. The lowest BCUT2D eigenvalue weighted by atomic mass is 10.1. The third-order valence-electron chi connectivity index (χ3n) is 2.30. The zero-order chi connectivity index (χ0) is 13.1. The van der Waals surface area contributed by atoms with Crippen LogP contribution in [0, 0.1) is 20.2 Å². The van der Waals surface area contributed by atoms with Gasteiger partial charge in [-0.3, -0.25) is 20.2 Å². The molecule has 1 N–H and O–H groups in total. The van der Waals surface area contributed by atoms with Gasteiger partial charge in [0.1, 0.15) is 0 Å². The molecule has 17 heavy (non-hydrogen) atoms. The normalized spacial score (nSPS) is 10.9. The molecule has 0 radical (unpaired) electrons. The molecule has 0 aliphatic carbocycles. The number of rotatable bonds is 5. The van der Waals surface area contributed by atoms with Crippen molar-refractivity contribution >= 4 is 11.4 Å². The first-order chi connectivity index (χ1) is 7.83. The maximum absolute atomic E-state index is 10.7. The first-order valence-corrected chi connectivity index (χ1v) is 4.96. The average Bonchev–Trinajstić information content (AvgIpc) is 2.27. The van der Waals surface area contributed by atoms with E-state index >= 15 is 0 Å². The monoisotopic (exact) mass is 239 g/mol. The van der Waals surface area contributed by atoms with Crippen molar-refractivity contribution in [2.45, 2.75) is 19.4 Å². The summed E-state index contributed by atoms with van der Waals surface area (Å²) in [5, 5.41) is 23.9. The second-order valence-electron chi connectivity index (χ2n) is 4.23. The largest absolute Gasteiger partial charge is 0.378 e. The summed E-state index contributed by atoms with van der Waals surface area (Å²) in [6, 6.07) is 5.74. The van der Waals surface area contributed by atoms with Crippen molar-refractivity contribution in [3.8, 4) is 0 Å². The second-order valence-corrected chi connectivity index (χ2v) is 4.23. The van der Waals surface area contributed by atoms with E-state index in [0.29, 0.717) is 5.69 Å². The van der Waals surface area contributed by atoms with Gasteiger partial charge in [0, 0.05) is 36.6 Å². The van der Waals surface area contributed by atoms with Crippen LogP contribution in [-0.4, -0.2) is 21.9 Å². The number of non-ortho nitro benzene ring substituents is 1. The smallest absolute Gasteiger partial charge is 0.269 e. The highest BCUT2D eigenvalue weighted by Crippen LogP contribution is 2.16. The van der Waals surface area contributed by atoms with Crippen LogP contribution >= 0.6 is 0 Å². The summed E-state index contributed by atoms with van der Waals surface area (Å²) < 4.78 is 0. The van der Waals surface area contributed by atoms with Crippen molar-refractivity contribution in [1.82, 2.24) is 0 Å². The Kier molecular flexibility index (Phi) is 3.62. The van der Waals surface area contributed by atoms with Gasteiger partial charge >= 0.3 is 0 Å². The number of nitro benzene ring substituents is 1. The molecule has 0 aliphatic heterocycles. The van der Waals surface area contributed by atoms with Crippen LogP contribution in [0.5, 0.6) is 0 Å². The number of benzene rings is 1. The standard InChI is InChI=1S/C10H13N3O4/c1-10(2,13(16)17)7-11-8-3-5-9(6-4-8)12(14)15/h3-6,11H,7H2,1-2H3. The molecule has 0 saturated carbocycles. The van der Waals surface area contributed by atoms with E-state index in [1.54, 1.807) is 0 Å². The van der Waals surface area contributed by atoms with Crippen LogP contribution in [0.3, 0.4) is 0 Å². The van der Waals surface area contributed by atoms with Gasteiger partial charge in [-0.2, -0.15) is 0 Å².